The number of rotatable bonds is 7. The third kappa shape index (κ3) is 5.61. The van der Waals surface area contributed by atoms with Crippen LogP contribution in [0.25, 0.3) is 0 Å². The highest BCUT2D eigenvalue weighted by Gasteiger charge is 2.21. The summed E-state index contributed by atoms with van der Waals surface area (Å²) in [5.74, 6) is 0.843. The highest BCUT2D eigenvalue weighted by atomic mass is 32.2. The van der Waals surface area contributed by atoms with Gasteiger partial charge in [0.1, 0.15) is 5.75 Å². The van der Waals surface area contributed by atoms with Gasteiger partial charge in [-0.1, -0.05) is 0 Å². The molecule has 0 aliphatic heterocycles. The zero-order valence-electron chi connectivity index (χ0n) is 13.6. The minimum atomic E-state index is -3.23. The zero-order chi connectivity index (χ0) is 16.3. The molecule has 0 amide bonds. The molecule has 2 N–H and O–H groups in total. The molecule has 6 nitrogen and oxygen atoms in total. The molecule has 0 radical (unpaired) electrons. The Morgan fingerprint density at radius 2 is 1.95 bits per heavy atom. The summed E-state index contributed by atoms with van der Waals surface area (Å²) in [6.07, 6.45) is 2.94. The van der Waals surface area contributed by atoms with E-state index in [0.29, 0.717) is 13.1 Å². The largest absolute Gasteiger partial charge is 0.496 e. The van der Waals surface area contributed by atoms with E-state index in [4.69, 9.17) is 4.74 Å². The van der Waals surface area contributed by atoms with Gasteiger partial charge >= 0.3 is 0 Å². The fourth-order valence-corrected chi connectivity index (χ4v) is 3.36. The van der Waals surface area contributed by atoms with Crippen molar-refractivity contribution in [3.8, 4) is 5.75 Å². The highest BCUT2D eigenvalue weighted by molar-refractivity contribution is 7.88. The molecule has 0 bridgehead atoms. The van der Waals surface area contributed by atoms with Crippen molar-refractivity contribution in [2.75, 3.05) is 19.9 Å². The Kier molecular flexibility index (Phi) is 5.72. The highest BCUT2D eigenvalue weighted by Crippen LogP contribution is 2.23. The normalized spacial score (nSPS) is 12.5. The number of ether oxygens (including phenoxy) is 1. The number of pyridine rings is 1. The van der Waals surface area contributed by atoms with Crippen LogP contribution in [0.2, 0.25) is 0 Å². The molecule has 0 saturated heterocycles. The van der Waals surface area contributed by atoms with E-state index in [1.54, 1.807) is 13.3 Å². The van der Waals surface area contributed by atoms with Gasteiger partial charge in [0.05, 0.1) is 19.1 Å². The molecule has 0 spiro atoms. The molecule has 1 aromatic heterocycles. The number of sulfonamides is 1. The first kappa shape index (κ1) is 17.9. The van der Waals surface area contributed by atoms with Gasteiger partial charge in [-0.2, -0.15) is 0 Å². The molecule has 0 atom stereocenters. The lowest BCUT2D eigenvalue weighted by atomic mass is 10.1. The van der Waals surface area contributed by atoms with Crippen LogP contribution in [0.5, 0.6) is 5.75 Å². The Morgan fingerprint density at radius 3 is 2.48 bits per heavy atom. The lowest BCUT2D eigenvalue weighted by Gasteiger charge is -2.25. The molecule has 1 aromatic rings. The van der Waals surface area contributed by atoms with Gasteiger partial charge in [0, 0.05) is 36.0 Å². The van der Waals surface area contributed by atoms with Gasteiger partial charge in [0.2, 0.25) is 10.0 Å². The first-order valence-electron chi connectivity index (χ1n) is 6.74. The second kappa shape index (κ2) is 6.72. The van der Waals surface area contributed by atoms with Gasteiger partial charge in [0.15, 0.2) is 0 Å². The van der Waals surface area contributed by atoms with E-state index in [-0.39, 0.29) is 0 Å². The predicted octanol–water partition coefficient (Wildman–Crippen LogP) is 1.12. The van der Waals surface area contributed by atoms with E-state index in [2.05, 4.69) is 15.0 Å². The molecule has 0 aliphatic carbocycles. The first-order valence-corrected chi connectivity index (χ1v) is 8.63. The lowest BCUT2D eigenvalue weighted by Crippen LogP contribution is -2.49. The molecule has 0 aliphatic rings. The van der Waals surface area contributed by atoms with Gasteiger partial charge in [-0.05, 0) is 27.7 Å². The first-order chi connectivity index (χ1) is 9.56. The molecule has 0 aromatic carbocycles. The van der Waals surface area contributed by atoms with Crippen LogP contribution in [-0.4, -0.2) is 38.9 Å². The standard InChI is InChI=1S/C14H25N3O3S/c1-10-7-16-12(11(2)13(10)20-5)8-15-9-14(3,4)17-21(6,18)19/h7,15,17H,8-9H2,1-6H3. The van der Waals surface area contributed by atoms with Gasteiger partial charge in [0.25, 0.3) is 0 Å². The van der Waals surface area contributed by atoms with Crippen LogP contribution >= 0.6 is 0 Å². The van der Waals surface area contributed by atoms with Crippen molar-refractivity contribution in [1.82, 2.24) is 15.0 Å². The third-order valence-corrected chi connectivity index (χ3v) is 3.99. The Bertz CT molecular complexity index is 598. The summed E-state index contributed by atoms with van der Waals surface area (Å²) >= 11 is 0. The third-order valence-electron chi connectivity index (χ3n) is 3.07. The maximum atomic E-state index is 11.3. The number of aromatic nitrogens is 1. The molecule has 21 heavy (non-hydrogen) atoms. The van der Waals surface area contributed by atoms with Gasteiger partial charge in [-0.25, -0.2) is 13.1 Å². The maximum Gasteiger partial charge on any atom is 0.209 e. The number of aryl methyl sites for hydroxylation is 1. The van der Waals surface area contributed by atoms with E-state index < -0.39 is 15.6 Å². The fourth-order valence-electron chi connectivity index (χ4n) is 2.28. The summed E-state index contributed by atoms with van der Waals surface area (Å²) in [7, 11) is -1.58. The lowest BCUT2D eigenvalue weighted by molar-refractivity contribution is 0.403. The number of methoxy groups -OCH3 is 1. The summed E-state index contributed by atoms with van der Waals surface area (Å²) in [6.45, 7) is 8.63. The van der Waals surface area contributed by atoms with Crippen LogP contribution in [0.15, 0.2) is 6.20 Å². The second-order valence-electron chi connectivity index (χ2n) is 5.91. The second-order valence-corrected chi connectivity index (χ2v) is 7.66. The van der Waals surface area contributed by atoms with Crippen molar-refractivity contribution in [3.63, 3.8) is 0 Å². The number of nitrogens with zero attached hydrogens (tertiary/aromatic N) is 1. The molecule has 0 unspecified atom stereocenters. The molecule has 7 heteroatoms. The average Bonchev–Trinajstić information content (AvgIpc) is 2.29. The van der Waals surface area contributed by atoms with E-state index >= 15 is 0 Å². The molecular formula is C14H25N3O3S. The van der Waals surface area contributed by atoms with Crippen molar-refractivity contribution >= 4 is 10.0 Å². The number of hydrogen-bond acceptors (Lipinski definition) is 5. The van der Waals surface area contributed by atoms with Crippen molar-refractivity contribution < 1.29 is 13.2 Å². The molecule has 1 rings (SSSR count). The van der Waals surface area contributed by atoms with E-state index in [0.717, 1.165) is 28.8 Å². The molecule has 1 heterocycles. The van der Waals surface area contributed by atoms with Crippen LogP contribution in [0.4, 0.5) is 0 Å². The molecule has 120 valence electrons. The summed E-state index contributed by atoms with van der Waals surface area (Å²) in [4.78, 5) is 4.40. The van der Waals surface area contributed by atoms with Gasteiger partial charge in [-0.15, -0.1) is 0 Å². The molecule has 0 fully saturated rings. The minimum Gasteiger partial charge on any atom is -0.496 e. The van der Waals surface area contributed by atoms with Crippen LogP contribution in [0.3, 0.4) is 0 Å². The number of hydrogen-bond donors (Lipinski definition) is 2. The topological polar surface area (TPSA) is 80.3 Å². The van der Waals surface area contributed by atoms with E-state index in [1.165, 1.54) is 0 Å². The van der Waals surface area contributed by atoms with Crippen LogP contribution < -0.4 is 14.8 Å². The van der Waals surface area contributed by atoms with Crippen LogP contribution in [-0.2, 0) is 16.6 Å². The Hall–Kier alpha value is -1.18. The Labute approximate surface area is 127 Å². The van der Waals surface area contributed by atoms with Gasteiger partial charge in [-0.3, -0.25) is 4.98 Å². The smallest absolute Gasteiger partial charge is 0.209 e. The summed E-state index contributed by atoms with van der Waals surface area (Å²) in [5.41, 5.74) is 2.33. The zero-order valence-corrected chi connectivity index (χ0v) is 14.4. The summed E-state index contributed by atoms with van der Waals surface area (Å²) < 4.78 is 30.5. The summed E-state index contributed by atoms with van der Waals surface area (Å²) in [6, 6.07) is 0. The quantitative estimate of drug-likeness (QED) is 0.788. The maximum absolute atomic E-state index is 11.3. The number of nitrogens with one attached hydrogen (secondary N) is 2. The molecular weight excluding hydrogens is 290 g/mol. The van der Waals surface area contributed by atoms with Gasteiger partial charge < -0.3 is 10.1 Å². The SMILES string of the molecule is COc1c(C)cnc(CNCC(C)(C)NS(C)(=O)=O)c1C. The Balaban J connectivity index is 2.69. The van der Waals surface area contributed by atoms with E-state index in [1.807, 2.05) is 27.7 Å². The average molecular weight is 315 g/mol. The van der Waals surface area contributed by atoms with E-state index in [9.17, 15) is 8.42 Å². The monoisotopic (exact) mass is 315 g/mol. The Morgan fingerprint density at radius 1 is 1.33 bits per heavy atom. The minimum absolute atomic E-state index is 0.497. The van der Waals surface area contributed by atoms with Crippen molar-refractivity contribution in [2.45, 2.75) is 39.8 Å². The van der Waals surface area contributed by atoms with Crippen molar-refractivity contribution in [2.24, 2.45) is 0 Å². The summed E-state index contributed by atoms with van der Waals surface area (Å²) in [5, 5.41) is 3.23. The fraction of sp³-hybridized carbons (Fsp3) is 0.643. The predicted molar refractivity (Wildman–Crippen MR) is 84.0 cm³/mol. The van der Waals surface area contributed by atoms with Crippen LogP contribution in [0.1, 0.15) is 30.7 Å². The van der Waals surface area contributed by atoms with Crippen LogP contribution in [0, 0.1) is 13.8 Å². The van der Waals surface area contributed by atoms with Crippen molar-refractivity contribution in [1.29, 1.82) is 0 Å². The molecule has 0 saturated carbocycles. The van der Waals surface area contributed by atoms with Crippen molar-refractivity contribution in [3.05, 3.63) is 23.0 Å².